The molecule has 1 nitrogen and oxygen atoms in total. The minimum atomic E-state index is 1.20. The molecule has 0 spiro atoms. The standard InChI is InChI=1S/C27H43N/c1-4-6-8-10-12-16-22-28(23-17-13-11-9-7-5-2)27-21-20-24(3)25-18-14-15-19-26(25)27/h14-15,18-21H,4-13,16-17,22-23H2,1-3H3. The minimum Gasteiger partial charge on any atom is -0.371 e. The highest BCUT2D eigenvalue weighted by Gasteiger charge is 2.11. The van der Waals surface area contributed by atoms with Crippen LogP contribution >= 0.6 is 0 Å². The Morgan fingerprint density at radius 2 is 1.07 bits per heavy atom. The van der Waals surface area contributed by atoms with Crippen molar-refractivity contribution in [2.24, 2.45) is 0 Å². The molecule has 28 heavy (non-hydrogen) atoms. The Labute approximate surface area is 174 Å². The quantitative estimate of drug-likeness (QED) is 0.279. The third-order valence-corrected chi connectivity index (χ3v) is 6.02. The topological polar surface area (TPSA) is 3.24 Å². The normalized spacial score (nSPS) is 11.2. The van der Waals surface area contributed by atoms with Crippen LogP contribution in [0.25, 0.3) is 10.8 Å². The summed E-state index contributed by atoms with van der Waals surface area (Å²) in [5.74, 6) is 0. The van der Waals surface area contributed by atoms with Crippen LogP contribution in [-0.2, 0) is 0 Å². The van der Waals surface area contributed by atoms with Gasteiger partial charge in [-0.15, -0.1) is 0 Å². The fraction of sp³-hybridized carbons (Fsp3) is 0.630. The maximum Gasteiger partial charge on any atom is 0.0446 e. The zero-order valence-corrected chi connectivity index (χ0v) is 18.8. The van der Waals surface area contributed by atoms with Crippen LogP contribution in [0.1, 0.15) is 96.5 Å². The molecule has 0 atom stereocenters. The Kier molecular flexibility index (Phi) is 11.1. The van der Waals surface area contributed by atoms with Crippen molar-refractivity contribution in [2.75, 3.05) is 18.0 Å². The molecule has 0 N–H and O–H groups in total. The van der Waals surface area contributed by atoms with Crippen LogP contribution in [0.2, 0.25) is 0 Å². The van der Waals surface area contributed by atoms with Gasteiger partial charge in [0.2, 0.25) is 0 Å². The van der Waals surface area contributed by atoms with Crippen LogP contribution in [0.4, 0.5) is 5.69 Å². The highest BCUT2D eigenvalue weighted by Crippen LogP contribution is 2.30. The average molecular weight is 382 g/mol. The van der Waals surface area contributed by atoms with Crippen molar-refractivity contribution in [3.8, 4) is 0 Å². The lowest BCUT2D eigenvalue weighted by atomic mass is 10.0. The van der Waals surface area contributed by atoms with E-state index in [0.29, 0.717) is 0 Å². The molecule has 0 aliphatic heterocycles. The highest BCUT2D eigenvalue weighted by molar-refractivity contribution is 5.96. The van der Waals surface area contributed by atoms with Crippen LogP contribution in [0, 0.1) is 6.92 Å². The van der Waals surface area contributed by atoms with Gasteiger partial charge in [0.1, 0.15) is 0 Å². The van der Waals surface area contributed by atoms with Gasteiger partial charge in [-0.05, 0) is 36.8 Å². The monoisotopic (exact) mass is 381 g/mol. The zero-order valence-electron chi connectivity index (χ0n) is 18.8. The van der Waals surface area contributed by atoms with Gasteiger partial charge in [0.05, 0.1) is 0 Å². The molecule has 156 valence electrons. The van der Waals surface area contributed by atoms with Crippen molar-refractivity contribution < 1.29 is 0 Å². The van der Waals surface area contributed by atoms with E-state index in [2.05, 4.69) is 62.1 Å². The molecule has 0 radical (unpaired) electrons. The summed E-state index contributed by atoms with van der Waals surface area (Å²) in [6, 6.07) is 13.6. The van der Waals surface area contributed by atoms with E-state index in [9.17, 15) is 0 Å². The first-order valence-electron chi connectivity index (χ1n) is 12.0. The maximum atomic E-state index is 2.68. The Morgan fingerprint density at radius 3 is 1.64 bits per heavy atom. The third kappa shape index (κ3) is 7.49. The summed E-state index contributed by atoms with van der Waals surface area (Å²) in [4.78, 5) is 2.68. The number of nitrogens with zero attached hydrogens (tertiary/aromatic N) is 1. The molecule has 0 heterocycles. The largest absolute Gasteiger partial charge is 0.371 e. The van der Waals surface area contributed by atoms with Crippen molar-refractivity contribution in [3.05, 3.63) is 42.0 Å². The van der Waals surface area contributed by atoms with E-state index in [1.54, 1.807) is 0 Å². The Morgan fingerprint density at radius 1 is 0.571 bits per heavy atom. The number of fused-ring (bicyclic) bond motifs is 1. The second kappa shape index (κ2) is 13.6. The summed E-state index contributed by atoms with van der Waals surface area (Å²) in [6.07, 6.45) is 16.4. The number of rotatable bonds is 15. The molecule has 0 amide bonds. The highest BCUT2D eigenvalue weighted by atomic mass is 15.1. The van der Waals surface area contributed by atoms with Gasteiger partial charge in [-0.1, -0.05) is 108 Å². The average Bonchev–Trinajstić information content (AvgIpc) is 2.72. The predicted octanol–water partition coefficient (Wildman–Crippen LogP) is 8.68. The van der Waals surface area contributed by atoms with E-state index in [1.807, 2.05) is 0 Å². The van der Waals surface area contributed by atoms with Gasteiger partial charge in [-0.2, -0.15) is 0 Å². The first-order chi connectivity index (χ1) is 13.8. The van der Waals surface area contributed by atoms with Gasteiger partial charge >= 0.3 is 0 Å². The van der Waals surface area contributed by atoms with Gasteiger partial charge in [0.15, 0.2) is 0 Å². The molecule has 0 saturated carbocycles. The molecule has 0 fully saturated rings. The Balaban J connectivity index is 2.00. The molecule has 0 aliphatic carbocycles. The molecule has 2 aromatic carbocycles. The summed E-state index contributed by atoms with van der Waals surface area (Å²) in [6.45, 7) is 9.23. The molecular weight excluding hydrogens is 338 g/mol. The van der Waals surface area contributed by atoms with Crippen molar-refractivity contribution >= 4 is 16.5 Å². The first kappa shape index (κ1) is 22.8. The lowest BCUT2D eigenvalue weighted by Gasteiger charge is -2.27. The second-order valence-corrected chi connectivity index (χ2v) is 8.47. The third-order valence-electron chi connectivity index (χ3n) is 6.02. The lowest BCUT2D eigenvalue weighted by molar-refractivity contribution is 0.575. The van der Waals surface area contributed by atoms with E-state index in [0.717, 1.165) is 0 Å². The maximum absolute atomic E-state index is 2.68. The number of anilines is 1. The fourth-order valence-corrected chi connectivity index (χ4v) is 4.23. The zero-order chi connectivity index (χ0) is 20.0. The summed E-state index contributed by atoms with van der Waals surface area (Å²) in [7, 11) is 0. The summed E-state index contributed by atoms with van der Waals surface area (Å²) < 4.78 is 0. The number of hydrogen-bond donors (Lipinski definition) is 0. The number of unbranched alkanes of at least 4 members (excludes halogenated alkanes) is 10. The van der Waals surface area contributed by atoms with Crippen LogP contribution in [0.5, 0.6) is 0 Å². The van der Waals surface area contributed by atoms with Gasteiger partial charge in [0.25, 0.3) is 0 Å². The smallest absolute Gasteiger partial charge is 0.0446 e. The second-order valence-electron chi connectivity index (χ2n) is 8.47. The number of aryl methyl sites for hydroxylation is 1. The fourth-order valence-electron chi connectivity index (χ4n) is 4.23. The van der Waals surface area contributed by atoms with E-state index in [4.69, 9.17) is 0 Å². The summed E-state index contributed by atoms with van der Waals surface area (Å²) in [5.41, 5.74) is 2.83. The minimum absolute atomic E-state index is 1.20. The van der Waals surface area contributed by atoms with Gasteiger partial charge in [0, 0.05) is 24.2 Å². The van der Waals surface area contributed by atoms with Crippen molar-refractivity contribution in [3.63, 3.8) is 0 Å². The molecule has 0 saturated heterocycles. The lowest BCUT2D eigenvalue weighted by Crippen LogP contribution is -2.26. The van der Waals surface area contributed by atoms with Crippen LogP contribution in [0.3, 0.4) is 0 Å². The van der Waals surface area contributed by atoms with Crippen molar-refractivity contribution in [2.45, 2.75) is 97.8 Å². The number of benzene rings is 2. The first-order valence-corrected chi connectivity index (χ1v) is 12.0. The molecule has 1 heteroatoms. The van der Waals surface area contributed by atoms with Crippen LogP contribution in [-0.4, -0.2) is 13.1 Å². The molecule has 0 unspecified atom stereocenters. The van der Waals surface area contributed by atoms with Crippen LogP contribution in [0.15, 0.2) is 36.4 Å². The Bertz CT molecular complexity index is 644. The van der Waals surface area contributed by atoms with Gasteiger partial charge < -0.3 is 4.90 Å². The SMILES string of the molecule is CCCCCCCCN(CCCCCCCC)c1ccc(C)c2ccccc12. The molecular formula is C27H43N. The molecule has 2 rings (SSSR count). The van der Waals surface area contributed by atoms with E-state index >= 15 is 0 Å². The predicted molar refractivity (Wildman–Crippen MR) is 128 cm³/mol. The molecule has 2 aromatic rings. The van der Waals surface area contributed by atoms with E-state index in [-0.39, 0.29) is 0 Å². The summed E-state index contributed by atoms with van der Waals surface area (Å²) in [5, 5.41) is 2.84. The summed E-state index contributed by atoms with van der Waals surface area (Å²) >= 11 is 0. The van der Waals surface area contributed by atoms with E-state index < -0.39 is 0 Å². The van der Waals surface area contributed by atoms with Crippen molar-refractivity contribution in [1.29, 1.82) is 0 Å². The molecule has 0 bridgehead atoms. The molecule has 0 aliphatic rings. The molecule has 0 aromatic heterocycles. The van der Waals surface area contributed by atoms with Gasteiger partial charge in [-0.3, -0.25) is 0 Å². The van der Waals surface area contributed by atoms with Crippen molar-refractivity contribution in [1.82, 2.24) is 0 Å². The van der Waals surface area contributed by atoms with E-state index in [1.165, 1.54) is 112 Å². The van der Waals surface area contributed by atoms with Crippen LogP contribution < -0.4 is 4.90 Å². The number of hydrogen-bond acceptors (Lipinski definition) is 1. The Hall–Kier alpha value is -1.50. The van der Waals surface area contributed by atoms with Gasteiger partial charge in [-0.25, -0.2) is 0 Å².